The van der Waals surface area contributed by atoms with Crippen molar-refractivity contribution in [2.75, 3.05) is 12.4 Å². The molecule has 40 heavy (non-hydrogen) atoms. The van der Waals surface area contributed by atoms with E-state index in [9.17, 15) is 13.2 Å². The van der Waals surface area contributed by atoms with Gasteiger partial charge in [-0.25, -0.2) is 13.2 Å². The van der Waals surface area contributed by atoms with Crippen LogP contribution in [0.5, 0.6) is 0 Å². The molecule has 4 nitrogen and oxygen atoms in total. The summed E-state index contributed by atoms with van der Waals surface area (Å²) in [4.78, 5) is 12.8. The van der Waals surface area contributed by atoms with Gasteiger partial charge in [-0.05, 0) is 81.6 Å². The second kappa shape index (κ2) is 12.5. The lowest BCUT2D eigenvalue weighted by Gasteiger charge is -2.05. The lowest BCUT2D eigenvalue weighted by Crippen LogP contribution is -2.05. The van der Waals surface area contributed by atoms with E-state index in [-0.39, 0.29) is 12.4 Å². The zero-order valence-electron chi connectivity index (χ0n) is 22.0. The van der Waals surface area contributed by atoms with Crippen LogP contribution < -0.4 is 0 Å². The third-order valence-corrected chi connectivity index (χ3v) is 8.16. The number of hydrogen-bond acceptors (Lipinski definition) is 4. The maximum absolute atomic E-state index is 12.6. The van der Waals surface area contributed by atoms with Crippen molar-refractivity contribution in [2.45, 2.75) is 30.6 Å². The number of rotatable bonds is 7. The van der Waals surface area contributed by atoms with Crippen molar-refractivity contribution >= 4 is 48.1 Å². The van der Waals surface area contributed by atoms with Crippen LogP contribution in [0.15, 0.2) is 102 Å². The highest BCUT2D eigenvalue weighted by Crippen LogP contribution is 2.24. The van der Waals surface area contributed by atoms with E-state index in [1.165, 1.54) is 0 Å². The Bertz CT molecular complexity index is 1930. The minimum atomic E-state index is -3.44. The highest BCUT2D eigenvalue weighted by atomic mass is 32.2. The molecule has 0 bridgehead atoms. The van der Waals surface area contributed by atoms with E-state index in [4.69, 9.17) is 4.74 Å². The first kappa shape index (κ1) is 27.0. The smallest absolute Gasteiger partial charge is 0.339 e. The molecular formula is C35H28O4S. The van der Waals surface area contributed by atoms with Crippen molar-refractivity contribution in [3.63, 3.8) is 0 Å². The van der Waals surface area contributed by atoms with Crippen LogP contribution in [0, 0.1) is 23.7 Å². The minimum Gasteiger partial charge on any atom is -0.449 e. The third kappa shape index (κ3) is 6.70. The van der Waals surface area contributed by atoms with Crippen LogP contribution in [-0.2, 0) is 14.6 Å². The van der Waals surface area contributed by atoms with Gasteiger partial charge in [0.1, 0.15) is 5.75 Å². The molecule has 0 atom stereocenters. The average Bonchev–Trinajstić information content (AvgIpc) is 2.98. The van der Waals surface area contributed by atoms with Crippen LogP contribution in [0.2, 0.25) is 0 Å². The number of hydrogen-bond donors (Lipinski definition) is 0. The quantitative estimate of drug-likeness (QED) is 0.0931. The summed E-state index contributed by atoms with van der Waals surface area (Å²) in [6, 6.07) is 30.7. The van der Waals surface area contributed by atoms with E-state index in [1.807, 2.05) is 54.6 Å². The Balaban J connectivity index is 1.02. The fourth-order valence-electron chi connectivity index (χ4n) is 4.50. The Hall–Kier alpha value is -4.58. The minimum absolute atomic E-state index is 0.0427. The van der Waals surface area contributed by atoms with Crippen molar-refractivity contribution in [1.29, 1.82) is 0 Å². The van der Waals surface area contributed by atoms with Crippen LogP contribution >= 0.6 is 0 Å². The largest absolute Gasteiger partial charge is 0.449 e. The summed E-state index contributed by atoms with van der Waals surface area (Å²) >= 11 is 0. The van der Waals surface area contributed by atoms with Crippen LogP contribution in [0.25, 0.3) is 32.3 Å². The molecule has 0 saturated carbocycles. The molecule has 0 fully saturated rings. The highest BCUT2D eigenvalue weighted by molar-refractivity contribution is 7.91. The Morgan fingerprint density at radius 1 is 0.600 bits per heavy atom. The molecule has 0 radical (unpaired) electrons. The second-order valence-electron chi connectivity index (χ2n) is 9.52. The average molecular weight is 545 g/mol. The van der Waals surface area contributed by atoms with Gasteiger partial charge in [0.2, 0.25) is 0 Å². The van der Waals surface area contributed by atoms with Gasteiger partial charge < -0.3 is 4.74 Å². The molecule has 5 aromatic rings. The van der Waals surface area contributed by atoms with Crippen molar-refractivity contribution in [3.8, 4) is 23.7 Å². The number of benzene rings is 5. The summed E-state index contributed by atoms with van der Waals surface area (Å²) < 4.78 is 30.5. The lowest BCUT2D eigenvalue weighted by molar-refractivity contribution is 0.0556. The standard InChI is InChI=1S/C35H28O4S/c36-35(32-18-17-31-23-28-14-9-10-15-29(28)24-33(31)25-32)39-21-11-5-3-1-2-4-6-12-22-40(37,38)34-20-19-27-13-7-8-16-30(27)26-34/h7-10,13-20,23-26H,1-4,21-22H2. The number of carbonyl (C=O) groups excluding carboxylic acids is 1. The molecule has 0 unspecified atom stereocenters. The zero-order chi connectivity index (χ0) is 27.8. The summed E-state index contributed by atoms with van der Waals surface area (Å²) in [6.07, 6.45) is 2.94. The summed E-state index contributed by atoms with van der Waals surface area (Å²) in [5, 5.41) is 6.27. The van der Waals surface area contributed by atoms with E-state index in [1.54, 1.807) is 18.2 Å². The highest BCUT2D eigenvalue weighted by Gasteiger charge is 2.13. The van der Waals surface area contributed by atoms with E-state index < -0.39 is 15.8 Å². The lowest BCUT2D eigenvalue weighted by atomic mass is 10.0. The maximum Gasteiger partial charge on any atom is 0.339 e. The molecule has 0 saturated heterocycles. The molecule has 5 heteroatoms. The molecule has 0 heterocycles. The molecule has 0 aliphatic carbocycles. The maximum atomic E-state index is 12.6. The predicted molar refractivity (Wildman–Crippen MR) is 162 cm³/mol. The molecule has 0 aliphatic heterocycles. The first-order chi connectivity index (χ1) is 19.5. The Morgan fingerprint density at radius 3 is 1.90 bits per heavy atom. The fraction of sp³-hybridized carbons (Fsp3) is 0.171. The van der Waals surface area contributed by atoms with Gasteiger partial charge in [-0.15, -0.1) is 5.92 Å². The third-order valence-electron chi connectivity index (χ3n) is 6.66. The molecule has 0 N–H and O–H groups in total. The Kier molecular flexibility index (Phi) is 8.45. The molecule has 5 rings (SSSR count). The number of ether oxygens (including phenoxy) is 1. The van der Waals surface area contributed by atoms with E-state index >= 15 is 0 Å². The number of esters is 1. The van der Waals surface area contributed by atoms with Crippen LogP contribution in [0.3, 0.4) is 0 Å². The van der Waals surface area contributed by atoms with Crippen LogP contribution in [-0.4, -0.2) is 26.7 Å². The van der Waals surface area contributed by atoms with Gasteiger partial charge in [0, 0.05) is 12.8 Å². The summed E-state index contributed by atoms with van der Waals surface area (Å²) in [6.45, 7) is 0.0427. The normalized spacial score (nSPS) is 11.0. The Labute approximate surface area is 234 Å². The van der Waals surface area contributed by atoms with E-state index in [0.29, 0.717) is 23.3 Å². The van der Waals surface area contributed by atoms with Gasteiger partial charge in [-0.2, -0.15) is 0 Å². The molecule has 0 spiro atoms. The van der Waals surface area contributed by atoms with Gasteiger partial charge in [-0.3, -0.25) is 0 Å². The van der Waals surface area contributed by atoms with Gasteiger partial charge in [0.15, 0.2) is 16.4 Å². The van der Waals surface area contributed by atoms with Gasteiger partial charge >= 0.3 is 5.97 Å². The van der Waals surface area contributed by atoms with Crippen molar-refractivity contribution < 1.29 is 17.9 Å². The molecule has 0 amide bonds. The Morgan fingerprint density at radius 2 is 1.18 bits per heavy atom. The SMILES string of the molecule is O=C(OCC#CCCCCC#CCS(=O)(=O)c1ccc2ccccc2c1)c1ccc2cc3ccccc3cc2c1. The first-order valence-corrected chi connectivity index (χ1v) is 14.9. The van der Waals surface area contributed by atoms with Gasteiger partial charge in [0.25, 0.3) is 0 Å². The van der Waals surface area contributed by atoms with Crippen molar-refractivity contribution in [1.82, 2.24) is 0 Å². The van der Waals surface area contributed by atoms with Gasteiger partial charge in [0.05, 0.1) is 10.5 Å². The van der Waals surface area contributed by atoms with Crippen LogP contribution in [0.1, 0.15) is 36.0 Å². The molecule has 5 aromatic carbocycles. The summed E-state index contributed by atoms with van der Waals surface area (Å²) in [5.41, 5.74) is 0.505. The zero-order valence-corrected chi connectivity index (χ0v) is 22.8. The van der Waals surface area contributed by atoms with Crippen molar-refractivity contribution in [3.05, 3.63) is 103 Å². The van der Waals surface area contributed by atoms with Crippen LogP contribution in [0.4, 0.5) is 0 Å². The molecule has 0 aliphatic rings. The number of fused-ring (bicyclic) bond motifs is 3. The van der Waals surface area contributed by atoms with Crippen molar-refractivity contribution in [2.24, 2.45) is 0 Å². The fourth-order valence-corrected chi connectivity index (χ4v) is 5.54. The van der Waals surface area contributed by atoms with E-state index in [2.05, 4.69) is 47.9 Å². The molecular weight excluding hydrogens is 516 g/mol. The number of sulfone groups is 1. The van der Waals surface area contributed by atoms with E-state index in [0.717, 1.165) is 45.2 Å². The number of unbranched alkanes of at least 4 members (excludes halogenated alkanes) is 3. The second-order valence-corrected chi connectivity index (χ2v) is 11.5. The summed E-state index contributed by atoms with van der Waals surface area (Å²) in [7, 11) is -3.44. The molecule has 198 valence electrons. The first-order valence-electron chi connectivity index (χ1n) is 13.2. The molecule has 0 aromatic heterocycles. The monoisotopic (exact) mass is 544 g/mol. The van der Waals surface area contributed by atoms with Gasteiger partial charge in [-0.1, -0.05) is 78.4 Å². The predicted octanol–water partition coefficient (Wildman–Crippen LogP) is 7.34. The summed E-state index contributed by atoms with van der Waals surface area (Å²) in [5.74, 6) is 11.1. The number of carbonyl (C=O) groups is 1. The topological polar surface area (TPSA) is 60.4 Å².